The third kappa shape index (κ3) is 71.0. The molecule has 9 nitrogen and oxygen atoms in total. The Hall–Kier alpha value is -4.31. The topological polar surface area (TPSA) is 111 Å². The number of allylic oxidation sites excluding steroid dienone is 20. The van der Waals surface area contributed by atoms with Gasteiger partial charge < -0.3 is 33.3 Å². The molecule has 510 valence electrons. The number of carboxylic acid groups (broad SMARTS) is 1. The third-order valence-electron chi connectivity index (χ3n) is 15.7. The van der Waals surface area contributed by atoms with Crippen LogP contribution >= 0.6 is 0 Å². The van der Waals surface area contributed by atoms with Gasteiger partial charge in [-0.25, -0.2) is 0 Å². The lowest BCUT2D eigenvalue weighted by Crippen LogP contribution is -2.44. The maximum atomic E-state index is 13.0. The molecule has 0 rings (SSSR count). The van der Waals surface area contributed by atoms with E-state index in [9.17, 15) is 19.5 Å². The van der Waals surface area contributed by atoms with Crippen LogP contribution in [0.2, 0.25) is 0 Å². The van der Waals surface area contributed by atoms with E-state index in [4.69, 9.17) is 18.9 Å². The van der Waals surface area contributed by atoms with Crippen LogP contribution in [-0.2, 0) is 33.3 Å². The minimum atomic E-state index is -1.63. The molecule has 89 heavy (non-hydrogen) atoms. The average Bonchev–Trinajstić information content (AvgIpc) is 3.64. The lowest BCUT2D eigenvalue weighted by molar-refractivity contribution is -0.870. The Morgan fingerprint density at radius 2 is 0.607 bits per heavy atom. The number of quaternary nitrogens is 1. The predicted molar refractivity (Wildman–Crippen MR) is 380 cm³/mol. The zero-order valence-electron chi connectivity index (χ0n) is 58.3. The average molecular weight is 1240 g/mol. The highest BCUT2D eigenvalue weighted by Crippen LogP contribution is 2.18. The van der Waals surface area contributed by atoms with Crippen LogP contribution in [0, 0.1) is 0 Å². The molecule has 0 spiro atoms. The number of nitrogens with zero attached hydrogens (tertiary/aromatic N) is 1. The molecule has 0 fully saturated rings. The smallest absolute Gasteiger partial charge is 0.306 e. The van der Waals surface area contributed by atoms with Crippen LogP contribution in [0.1, 0.15) is 309 Å². The van der Waals surface area contributed by atoms with Gasteiger partial charge >= 0.3 is 11.9 Å². The number of hydrogen-bond donors (Lipinski definition) is 0. The second-order valence-electron chi connectivity index (χ2n) is 25.5. The first-order valence-electron chi connectivity index (χ1n) is 36.7. The number of carbonyl (C=O) groups excluding carboxylic acids is 3. The Kier molecular flexibility index (Phi) is 66.2. The second-order valence-corrected chi connectivity index (χ2v) is 25.5. The summed E-state index contributed by atoms with van der Waals surface area (Å²) >= 11 is 0. The van der Waals surface area contributed by atoms with Gasteiger partial charge in [-0.1, -0.05) is 315 Å². The van der Waals surface area contributed by atoms with Crippen molar-refractivity contribution >= 4 is 17.9 Å². The molecule has 0 aliphatic heterocycles. The van der Waals surface area contributed by atoms with E-state index in [1.807, 2.05) is 21.1 Å². The van der Waals surface area contributed by atoms with Crippen molar-refractivity contribution in [2.24, 2.45) is 0 Å². The van der Waals surface area contributed by atoms with Crippen LogP contribution in [0.3, 0.4) is 0 Å². The van der Waals surface area contributed by atoms with Crippen LogP contribution in [-0.4, -0.2) is 82.3 Å². The van der Waals surface area contributed by atoms with Gasteiger partial charge in [0.25, 0.3) is 0 Å². The summed E-state index contributed by atoms with van der Waals surface area (Å²) in [5.74, 6) is -2.28. The van der Waals surface area contributed by atoms with Gasteiger partial charge in [-0.05, 0) is 103 Å². The zero-order chi connectivity index (χ0) is 64.7. The molecule has 0 aromatic carbocycles. The van der Waals surface area contributed by atoms with Crippen LogP contribution in [0.15, 0.2) is 122 Å². The molecule has 0 aliphatic carbocycles. The van der Waals surface area contributed by atoms with Crippen molar-refractivity contribution in [1.82, 2.24) is 0 Å². The van der Waals surface area contributed by atoms with Gasteiger partial charge in [0.2, 0.25) is 0 Å². The van der Waals surface area contributed by atoms with Crippen LogP contribution < -0.4 is 5.11 Å². The summed E-state index contributed by atoms with van der Waals surface area (Å²) in [6.07, 6.45) is 95.7. The van der Waals surface area contributed by atoms with E-state index in [1.54, 1.807) is 0 Å². The molecule has 0 aromatic rings. The molecule has 0 radical (unpaired) electrons. The number of carboxylic acids is 1. The number of unbranched alkanes of at least 4 members (excludes halogenated alkanes) is 32. The highest BCUT2D eigenvalue weighted by atomic mass is 16.7. The highest BCUT2D eigenvalue weighted by Gasteiger charge is 2.22. The molecular formula is C80H137NO8. The van der Waals surface area contributed by atoms with Crippen molar-refractivity contribution in [3.05, 3.63) is 122 Å². The van der Waals surface area contributed by atoms with Gasteiger partial charge in [-0.3, -0.25) is 9.59 Å². The summed E-state index contributed by atoms with van der Waals surface area (Å²) in [6.45, 7) is 4.55. The lowest BCUT2D eigenvalue weighted by Gasteiger charge is -2.26. The summed E-state index contributed by atoms with van der Waals surface area (Å²) in [4.78, 5) is 37.6. The van der Waals surface area contributed by atoms with Crippen molar-refractivity contribution in [2.45, 2.75) is 322 Å². The van der Waals surface area contributed by atoms with Gasteiger partial charge in [-0.15, -0.1) is 0 Å². The van der Waals surface area contributed by atoms with Gasteiger partial charge in [-0.2, -0.15) is 0 Å². The highest BCUT2D eigenvalue weighted by molar-refractivity contribution is 5.70. The molecule has 0 N–H and O–H groups in total. The van der Waals surface area contributed by atoms with Gasteiger partial charge in [0.05, 0.1) is 40.3 Å². The van der Waals surface area contributed by atoms with Crippen molar-refractivity contribution in [2.75, 3.05) is 47.5 Å². The first-order valence-corrected chi connectivity index (χ1v) is 36.7. The number of esters is 2. The van der Waals surface area contributed by atoms with Crippen LogP contribution in [0.25, 0.3) is 0 Å². The van der Waals surface area contributed by atoms with Crippen molar-refractivity contribution in [3.8, 4) is 0 Å². The zero-order valence-corrected chi connectivity index (χ0v) is 58.3. The fourth-order valence-electron chi connectivity index (χ4n) is 10.2. The molecule has 0 aromatic heterocycles. The molecule has 0 amide bonds. The monoisotopic (exact) mass is 1240 g/mol. The fraction of sp³-hybridized carbons (Fsp3) is 0.713. The minimum absolute atomic E-state index is 0.144. The van der Waals surface area contributed by atoms with Crippen molar-refractivity contribution in [3.63, 3.8) is 0 Å². The standard InChI is InChI=1S/C80H137NO8/c1-6-8-10-12-14-16-18-20-22-24-26-28-30-32-34-36-38-39-41-43-45-47-49-51-53-55-57-59-61-63-65-67-69-71-78(83)89-76(75-88-80(79(84)85)86-73-72-81(3,4)5)74-87-77(82)70-68-66-64-62-60-58-56-54-52-50-48-46-44-42-40-37-35-33-31-29-27-25-23-21-19-17-15-13-11-9-7-2/h8-11,14-17,20-23,26-29,32,34,38-39,76,80H,6-7,12-13,18-19,24-25,30-31,33,35-37,40-75H2,1-5H3/b10-8-,11-9-,16-14-,17-15-,22-20-,23-21-,28-26-,29-27-,34-32-,39-38-. The first kappa shape index (κ1) is 84.7. The minimum Gasteiger partial charge on any atom is -0.545 e. The molecule has 2 unspecified atom stereocenters. The Morgan fingerprint density at radius 1 is 0.337 bits per heavy atom. The molecule has 0 bridgehead atoms. The number of rotatable bonds is 67. The number of aliphatic carboxylic acids is 1. The van der Waals surface area contributed by atoms with E-state index < -0.39 is 24.3 Å². The number of ether oxygens (including phenoxy) is 4. The summed E-state index contributed by atoms with van der Waals surface area (Å²) in [5, 5.41) is 11.8. The summed E-state index contributed by atoms with van der Waals surface area (Å²) in [7, 11) is 5.93. The summed E-state index contributed by atoms with van der Waals surface area (Å²) in [6, 6.07) is 0. The van der Waals surface area contributed by atoms with Crippen LogP contribution in [0.4, 0.5) is 0 Å². The molecule has 0 saturated carbocycles. The van der Waals surface area contributed by atoms with E-state index >= 15 is 0 Å². The van der Waals surface area contributed by atoms with Crippen molar-refractivity contribution in [1.29, 1.82) is 0 Å². The summed E-state index contributed by atoms with van der Waals surface area (Å²) in [5.41, 5.74) is 0. The Balaban J connectivity index is 4.08. The molecule has 2 atom stereocenters. The molecule has 0 heterocycles. The van der Waals surface area contributed by atoms with Gasteiger partial charge in [0.1, 0.15) is 13.2 Å². The molecule has 9 heteroatoms. The Labute approximate surface area is 548 Å². The molecule has 0 aliphatic rings. The SMILES string of the molecule is CC/C=C\C/C=C\C/C=C\C/C=C\C/C=C\C/C=C\CCCCCCCCCCCCCCCCC(=O)OC(COC(=O)CCCCCCCCCCCCCCCCCCCC/C=C\C/C=C\C/C=C\C/C=C\CC)COC(OCC[N+](C)(C)C)C(=O)[O-]. The predicted octanol–water partition coefficient (Wildman–Crippen LogP) is 21.8. The third-order valence-corrected chi connectivity index (χ3v) is 15.7. The van der Waals surface area contributed by atoms with Crippen LogP contribution in [0.5, 0.6) is 0 Å². The quantitative estimate of drug-likeness (QED) is 0.0195. The Bertz CT molecular complexity index is 1880. The van der Waals surface area contributed by atoms with E-state index in [-0.39, 0.29) is 38.6 Å². The maximum absolute atomic E-state index is 13.0. The number of carbonyl (C=O) groups is 3. The lowest BCUT2D eigenvalue weighted by atomic mass is 10.0. The number of likely N-dealkylation sites (N-methyl/N-ethyl adjacent to an activating group) is 1. The number of hydrogen-bond acceptors (Lipinski definition) is 8. The van der Waals surface area contributed by atoms with Crippen molar-refractivity contribution < 1.29 is 42.9 Å². The molecular weight excluding hydrogens is 1100 g/mol. The summed E-state index contributed by atoms with van der Waals surface area (Å²) < 4.78 is 22.8. The van der Waals surface area contributed by atoms with E-state index in [1.165, 1.54) is 173 Å². The largest absolute Gasteiger partial charge is 0.545 e. The van der Waals surface area contributed by atoms with Gasteiger partial charge in [0, 0.05) is 12.8 Å². The molecule has 0 saturated heterocycles. The first-order chi connectivity index (χ1) is 43.6. The normalized spacial score (nSPS) is 13.4. The second kappa shape index (κ2) is 69.6. The maximum Gasteiger partial charge on any atom is 0.306 e. The van der Waals surface area contributed by atoms with Gasteiger partial charge in [0.15, 0.2) is 12.4 Å². The van der Waals surface area contributed by atoms with E-state index in [0.717, 1.165) is 103 Å². The van der Waals surface area contributed by atoms with E-state index in [0.29, 0.717) is 17.4 Å². The fourth-order valence-corrected chi connectivity index (χ4v) is 10.2. The van der Waals surface area contributed by atoms with E-state index in [2.05, 4.69) is 135 Å². The Morgan fingerprint density at radius 3 is 0.899 bits per heavy atom.